The highest BCUT2D eigenvalue weighted by atomic mass is 35.5. The van der Waals surface area contributed by atoms with Crippen molar-refractivity contribution in [2.75, 3.05) is 0 Å². The van der Waals surface area contributed by atoms with Crippen molar-refractivity contribution < 1.29 is 4.79 Å². The summed E-state index contributed by atoms with van der Waals surface area (Å²) in [5, 5.41) is 3.66. The van der Waals surface area contributed by atoms with E-state index in [1.807, 2.05) is 24.3 Å². The Morgan fingerprint density at radius 2 is 2.10 bits per heavy atom. The fraction of sp³-hybridized carbons (Fsp3) is 0.312. The first-order valence-electron chi connectivity index (χ1n) is 6.86. The van der Waals surface area contributed by atoms with Crippen LogP contribution in [0.3, 0.4) is 0 Å². The van der Waals surface area contributed by atoms with Gasteiger partial charge in [-0.05, 0) is 55.0 Å². The molecule has 0 unspecified atom stereocenters. The summed E-state index contributed by atoms with van der Waals surface area (Å²) in [6.45, 7) is 0.516. The molecule has 1 aromatic carbocycles. The van der Waals surface area contributed by atoms with Crippen LogP contribution in [0.5, 0.6) is 0 Å². The molecular weight excluding hydrogens is 290 g/mol. The second-order valence-electron chi connectivity index (χ2n) is 5.08. The first kappa shape index (κ1) is 13.7. The van der Waals surface area contributed by atoms with Crippen molar-refractivity contribution in [2.45, 2.75) is 32.2 Å². The number of hydrogen-bond donors (Lipinski definition) is 1. The van der Waals surface area contributed by atoms with Gasteiger partial charge in [-0.1, -0.05) is 23.7 Å². The number of hydrogen-bond acceptors (Lipinski definition) is 2. The molecule has 1 amide bonds. The number of rotatable bonds is 3. The summed E-state index contributed by atoms with van der Waals surface area (Å²) in [6, 6.07) is 9.63. The van der Waals surface area contributed by atoms with E-state index in [1.54, 1.807) is 11.3 Å². The van der Waals surface area contributed by atoms with Crippen molar-refractivity contribution in [3.8, 4) is 0 Å². The number of carbonyl (C=O) groups excluding carboxylic acids is 1. The maximum absolute atomic E-state index is 12.2. The van der Waals surface area contributed by atoms with E-state index in [0.29, 0.717) is 11.6 Å². The summed E-state index contributed by atoms with van der Waals surface area (Å²) in [6.07, 6.45) is 4.74. The molecular formula is C16H16ClNOS. The van der Waals surface area contributed by atoms with Crippen molar-refractivity contribution >= 4 is 28.8 Å². The minimum atomic E-state index is 0.0179. The van der Waals surface area contributed by atoms with Gasteiger partial charge in [-0.3, -0.25) is 4.79 Å². The van der Waals surface area contributed by atoms with Crippen LogP contribution in [0, 0.1) is 0 Å². The summed E-state index contributed by atoms with van der Waals surface area (Å²) in [5.41, 5.74) is 2.39. The van der Waals surface area contributed by atoms with E-state index < -0.39 is 0 Å². The van der Waals surface area contributed by atoms with E-state index in [0.717, 1.165) is 23.3 Å². The average molecular weight is 306 g/mol. The maximum atomic E-state index is 12.2. The van der Waals surface area contributed by atoms with Gasteiger partial charge in [0.05, 0.1) is 4.88 Å². The molecule has 0 atom stereocenters. The Bertz CT molecular complexity index is 612. The summed E-state index contributed by atoms with van der Waals surface area (Å²) >= 11 is 7.58. The molecule has 0 fully saturated rings. The summed E-state index contributed by atoms with van der Waals surface area (Å²) in [4.78, 5) is 14.4. The largest absolute Gasteiger partial charge is 0.347 e. The van der Waals surface area contributed by atoms with Crippen molar-refractivity contribution in [1.29, 1.82) is 0 Å². The molecule has 1 N–H and O–H groups in total. The Hall–Kier alpha value is -1.32. The van der Waals surface area contributed by atoms with Crippen LogP contribution in [0.15, 0.2) is 30.3 Å². The molecule has 0 aliphatic heterocycles. The van der Waals surface area contributed by atoms with Gasteiger partial charge in [-0.2, -0.15) is 0 Å². The lowest BCUT2D eigenvalue weighted by Gasteiger charge is -2.08. The number of halogens is 1. The lowest BCUT2D eigenvalue weighted by atomic mass is 9.99. The highest BCUT2D eigenvalue weighted by Gasteiger charge is 2.16. The van der Waals surface area contributed by atoms with Gasteiger partial charge < -0.3 is 5.32 Å². The van der Waals surface area contributed by atoms with Gasteiger partial charge in [0.2, 0.25) is 0 Å². The smallest absolute Gasteiger partial charge is 0.261 e. The zero-order valence-electron chi connectivity index (χ0n) is 11.1. The Morgan fingerprint density at radius 3 is 2.90 bits per heavy atom. The predicted octanol–water partition coefficient (Wildman–Crippen LogP) is 4.21. The van der Waals surface area contributed by atoms with Crippen molar-refractivity contribution in [1.82, 2.24) is 5.32 Å². The number of benzene rings is 1. The Balaban J connectivity index is 1.66. The molecule has 4 heteroatoms. The van der Waals surface area contributed by atoms with Crippen LogP contribution in [0.1, 0.15) is 38.5 Å². The molecule has 0 radical (unpaired) electrons. The summed E-state index contributed by atoms with van der Waals surface area (Å²) in [7, 11) is 0. The van der Waals surface area contributed by atoms with Gasteiger partial charge in [0, 0.05) is 16.4 Å². The monoisotopic (exact) mass is 305 g/mol. The van der Waals surface area contributed by atoms with Gasteiger partial charge in [0.25, 0.3) is 5.91 Å². The second kappa shape index (κ2) is 5.98. The number of amides is 1. The molecule has 3 rings (SSSR count). The molecule has 0 bridgehead atoms. The maximum Gasteiger partial charge on any atom is 0.261 e. The summed E-state index contributed by atoms with van der Waals surface area (Å²) in [5.74, 6) is 0.0179. The number of carbonyl (C=O) groups is 1. The number of fused-ring (bicyclic) bond motifs is 1. The van der Waals surface area contributed by atoms with Gasteiger partial charge in [0.15, 0.2) is 0 Å². The first-order valence-corrected chi connectivity index (χ1v) is 8.06. The molecule has 20 heavy (non-hydrogen) atoms. The van der Waals surface area contributed by atoms with Crippen LogP contribution in [-0.4, -0.2) is 5.91 Å². The first-order chi connectivity index (χ1) is 9.72. The Kier molecular flexibility index (Phi) is 4.08. The fourth-order valence-corrected chi connectivity index (χ4v) is 3.90. The van der Waals surface area contributed by atoms with E-state index in [2.05, 4.69) is 11.4 Å². The second-order valence-corrected chi connectivity index (χ2v) is 6.65. The molecule has 1 aliphatic rings. The average Bonchev–Trinajstić information content (AvgIpc) is 2.89. The van der Waals surface area contributed by atoms with Gasteiger partial charge in [0.1, 0.15) is 0 Å². The zero-order valence-corrected chi connectivity index (χ0v) is 12.7. The third-order valence-corrected chi connectivity index (χ3v) is 5.03. The molecule has 0 saturated heterocycles. The van der Waals surface area contributed by atoms with Gasteiger partial charge in [-0.15, -0.1) is 11.3 Å². The molecule has 0 spiro atoms. The molecule has 1 heterocycles. The SMILES string of the molecule is O=C(NCc1cccc(Cl)c1)c1cc2c(s1)CCCC2. The summed E-state index contributed by atoms with van der Waals surface area (Å²) < 4.78 is 0. The van der Waals surface area contributed by atoms with E-state index in [-0.39, 0.29) is 5.91 Å². The highest BCUT2D eigenvalue weighted by molar-refractivity contribution is 7.14. The van der Waals surface area contributed by atoms with Crippen molar-refractivity contribution in [2.24, 2.45) is 0 Å². The zero-order chi connectivity index (χ0) is 13.9. The molecule has 1 aliphatic carbocycles. The standard InChI is InChI=1S/C16H16ClNOS/c17-13-6-3-4-11(8-13)10-18-16(19)15-9-12-5-1-2-7-14(12)20-15/h3-4,6,8-9H,1-2,5,7,10H2,(H,18,19). The predicted molar refractivity (Wildman–Crippen MR) is 83.6 cm³/mol. The molecule has 2 nitrogen and oxygen atoms in total. The highest BCUT2D eigenvalue weighted by Crippen LogP contribution is 2.29. The third-order valence-electron chi connectivity index (χ3n) is 3.56. The van der Waals surface area contributed by atoms with Gasteiger partial charge in [-0.25, -0.2) is 0 Å². The Labute approximate surface area is 127 Å². The van der Waals surface area contributed by atoms with Crippen LogP contribution >= 0.6 is 22.9 Å². The molecule has 2 aromatic rings. The van der Waals surface area contributed by atoms with Crippen LogP contribution in [-0.2, 0) is 19.4 Å². The minimum Gasteiger partial charge on any atom is -0.347 e. The van der Waals surface area contributed by atoms with Gasteiger partial charge >= 0.3 is 0 Å². The lowest BCUT2D eigenvalue weighted by molar-refractivity contribution is 0.0955. The van der Waals surface area contributed by atoms with E-state index in [4.69, 9.17) is 11.6 Å². The van der Waals surface area contributed by atoms with Crippen LogP contribution in [0.2, 0.25) is 5.02 Å². The number of thiophene rings is 1. The lowest BCUT2D eigenvalue weighted by Crippen LogP contribution is -2.21. The third kappa shape index (κ3) is 3.05. The Morgan fingerprint density at radius 1 is 1.25 bits per heavy atom. The van der Waals surface area contributed by atoms with E-state index in [1.165, 1.54) is 23.3 Å². The van der Waals surface area contributed by atoms with E-state index >= 15 is 0 Å². The normalized spacial score (nSPS) is 13.8. The van der Waals surface area contributed by atoms with Crippen LogP contribution < -0.4 is 5.32 Å². The quantitative estimate of drug-likeness (QED) is 0.904. The molecule has 104 valence electrons. The topological polar surface area (TPSA) is 29.1 Å². The number of nitrogens with one attached hydrogen (secondary N) is 1. The minimum absolute atomic E-state index is 0.0179. The van der Waals surface area contributed by atoms with Crippen molar-refractivity contribution in [3.63, 3.8) is 0 Å². The van der Waals surface area contributed by atoms with E-state index in [9.17, 15) is 4.79 Å². The fourth-order valence-electron chi connectivity index (χ4n) is 2.52. The molecule has 0 saturated carbocycles. The number of aryl methyl sites for hydroxylation is 2. The van der Waals surface area contributed by atoms with Crippen LogP contribution in [0.4, 0.5) is 0 Å². The molecule has 1 aromatic heterocycles. The van der Waals surface area contributed by atoms with Crippen LogP contribution in [0.25, 0.3) is 0 Å². The van der Waals surface area contributed by atoms with Crippen molar-refractivity contribution in [3.05, 3.63) is 56.2 Å².